The summed E-state index contributed by atoms with van der Waals surface area (Å²) in [7, 11) is 0. The molecule has 0 aromatic heterocycles. The number of hydrogen-bond donors (Lipinski definition) is 2. The molecule has 0 radical (unpaired) electrons. The molecule has 1 fully saturated rings. The monoisotopic (exact) mass is 369 g/mol. The van der Waals surface area contributed by atoms with Crippen molar-refractivity contribution in [3.63, 3.8) is 0 Å². The van der Waals surface area contributed by atoms with E-state index in [0.717, 1.165) is 31.4 Å². The van der Waals surface area contributed by atoms with E-state index in [-0.39, 0.29) is 23.7 Å². The van der Waals surface area contributed by atoms with E-state index in [1.54, 1.807) is 36.4 Å². The summed E-state index contributed by atoms with van der Waals surface area (Å²) in [6.07, 6.45) is 2.87. The van der Waals surface area contributed by atoms with Crippen molar-refractivity contribution in [3.05, 3.63) is 59.9 Å². The van der Waals surface area contributed by atoms with E-state index >= 15 is 0 Å². The van der Waals surface area contributed by atoms with Crippen LogP contribution in [-0.2, 0) is 16.1 Å². The number of piperidine rings is 1. The van der Waals surface area contributed by atoms with Crippen molar-refractivity contribution in [3.8, 4) is 0 Å². The minimum atomic E-state index is -0.255. The molecule has 1 aliphatic rings. The lowest BCUT2D eigenvalue weighted by atomic mass is 10.00. The lowest BCUT2D eigenvalue weighted by Gasteiger charge is -2.34. The van der Waals surface area contributed by atoms with Crippen LogP contribution in [0.3, 0.4) is 0 Å². The number of benzene rings is 2. The van der Waals surface area contributed by atoms with Crippen LogP contribution in [0.25, 0.3) is 0 Å². The number of amides is 2. The molecule has 142 valence electrons. The molecule has 2 N–H and O–H groups in total. The van der Waals surface area contributed by atoms with Crippen molar-refractivity contribution in [2.45, 2.75) is 38.8 Å². The highest BCUT2D eigenvalue weighted by Gasteiger charge is 2.28. The van der Waals surface area contributed by atoms with Crippen LogP contribution >= 0.6 is 0 Å². The summed E-state index contributed by atoms with van der Waals surface area (Å²) >= 11 is 0. The first-order valence-corrected chi connectivity index (χ1v) is 9.18. The fraction of sp³-hybridized carbons (Fsp3) is 0.333. The van der Waals surface area contributed by atoms with Gasteiger partial charge in [-0.05, 0) is 61.3 Å². The van der Waals surface area contributed by atoms with Crippen molar-refractivity contribution in [2.75, 3.05) is 17.2 Å². The molecule has 1 unspecified atom stereocenters. The molecular weight excluding hydrogens is 345 g/mol. The minimum absolute atomic E-state index is 0.0379. The van der Waals surface area contributed by atoms with Crippen molar-refractivity contribution in [1.82, 2.24) is 4.90 Å². The van der Waals surface area contributed by atoms with Crippen LogP contribution in [0.15, 0.2) is 48.5 Å². The van der Waals surface area contributed by atoms with Crippen molar-refractivity contribution in [2.24, 2.45) is 0 Å². The SMILES string of the molecule is CC(=O)Nc1ccc(NC(=O)C2CCCCN2Cc2ccc(F)cc2)cc1. The Morgan fingerprint density at radius 2 is 1.63 bits per heavy atom. The van der Waals surface area contributed by atoms with Gasteiger partial charge in [0.15, 0.2) is 0 Å². The maximum atomic E-state index is 13.1. The zero-order valence-electron chi connectivity index (χ0n) is 15.4. The minimum Gasteiger partial charge on any atom is -0.326 e. The molecule has 0 aliphatic carbocycles. The lowest BCUT2D eigenvalue weighted by Crippen LogP contribution is -2.46. The van der Waals surface area contributed by atoms with Crippen LogP contribution < -0.4 is 10.6 Å². The Kier molecular flexibility index (Phi) is 6.19. The van der Waals surface area contributed by atoms with Crippen molar-refractivity contribution < 1.29 is 14.0 Å². The second kappa shape index (κ2) is 8.77. The maximum absolute atomic E-state index is 13.1. The molecule has 2 aromatic rings. The summed E-state index contributed by atoms with van der Waals surface area (Å²) in [6, 6.07) is 13.3. The predicted octanol–water partition coefficient (Wildman–Crippen LogP) is 3.78. The van der Waals surface area contributed by atoms with Crippen LogP contribution in [0.5, 0.6) is 0 Å². The normalized spacial score (nSPS) is 17.3. The van der Waals surface area contributed by atoms with Gasteiger partial charge in [0.2, 0.25) is 11.8 Å². The van der Waals surface area contributed by atoms with E-state index in [1.807, 2.05) is 0 Å². The van der Waals surface area contributed by atoms with E-state index in [4.69, 9.17) is 0 Å². The topological polar surface area (TPSA) is 61.4 Å². The van der Waals surface area contributed by atoms with E-state index < -0.39 is 0 Å². The van der Waals surface area contributed by atoms with E-state index in [9.17, 15) is 14.0 Å². The first-order chi connectivity index (χ1) is 13.0. The van der Waals surface area contributed by atoms with Crippen molar-refractivity contribution >= 4 is 23.2 Å². The molecule has 6 heteroatoms. The Labute approximate surface area is 158 Å². The molecule has 0 saturated carbocycles. The molecule has 2 amide bonds. The fourth-order valence-electron chi connectivity index (χ4n) is 3.37. The van der Waals surface area contributed by atoms with Crippen LogP contribution in [0, 0.1) is 5.82 Å². The van der Waals surface area contributed by atoms with Gasteiger partial charge >= 0.3 is 0 Å². The van der Waals surface area contributed by atoms with Crippen molar-refractivity contribution in [1.29, 1.82) is 0 Å². The van der Waals surface area contributed by atoms with Gasteiger partial charge in [0.1, 0.15) is 5.82 Å². The molecule has 5 nitrogen and oxygen atoms in total. The van der Waals surface area contributed by atoms with Crippen LogP contribution in [0.2, 0.25) is 0 Å². The van der Waals surface area contributed by atoms with Gasteiger partial charge in [-0.25, -0.2) is 4.39 Å². The van der Waals surface area contributed by atoms with Gasteiger partial charge in [-0.15, -0.1) is 0 Å². The lowest BCUT2D eigenvalue weighted by molar-refractivity contribution is -0.122. The number of carbonyl (C=O) groups is 2. The highest BCUT2D eigenvalue weighted by atomic mass is 19.1. The molecule has 2 aromatic carbocycles. The number of halogens is 1. The van der Waals surface area contributed by atoms with Gasteiger partial charge in [-0.1, -0.05) is 18.6 Å². The second-order valence-corrected chi connectivity index (χ2v) is 6.86. The Bertz CT molecular complexity index is 790. The van der Waals surface area contributed by atoms with Gasteiger partial charge in [0.05, 0.1) is 6.04 Å². The first kappa shape index (κ1) is 19.0. The van der Waals surface area contributed by atoms with Crippen LogP contribution in [0.1, 0.15) is 31.7 Å². The molecule has 1 atom stereocenters. The highest BCUT2D eigenvalue weighted by Crippen LogP contribution is 2.22. The summed E-state index contributed by atoms with van der Waals surface area (Å²) in [5.74, 6) is -0.427. The molecule has 1 heterocycles. The third kappa shape index (κ3) is 5.37. The van der Waals surface area contributed by atoms with Gasteiger partial charge < -0.3 is 10.6 Å². The zero-order chi connectivity index (χ0) is 19.2. The van der Waals surface area contributed by atoms with Gasteiger partial charge in [0, 0.05) is 24.8 Å². The van der Waals surface area contributed by atoms with Gasteiger partial charge in [0.25, 0.3) is 0 Å². The zero-order valence-corrected chi connectivity index (χ0v) is 15.4. The molecule has 1 aliphatic heterocycles. The van der Waals surface area contributed by atoms with Gasteiger partial charge in [-0.2, -0.15) is 0 Å². The molecule has 0 bridgehead atoms. The van der Waals surface area contributed by atoms with Gasteiger partial charge in [-0.3, -0.25) is 14.5 Å². The molecule has 0 spiro atoms. The summed E-state index contributed by atoms with van der Waals surface area (Å²) in [5, 5.41) is 5.66. The number of likely N-dealkylation sites (tertiary alicyclic amines) is 1. The summed E-state index contributed by atoms with van der Waals surface area (Å²) in [5.41, 5.74) is 2.38. The Hall–Kier alpha value is -2.73. The quantitative estimate of drug-likeness (QED) is 0.843. The number of nitrogens with zero attached hydrogens (tertiary/aromatic N) is 1. The second-order valence-electron chi connectivity index (χ2n) is 6.86. The molecular formula is C21H24FN3O2. The fourth-order valence-corrected chi connectivity index (χ4v) is 3.37. The molecule has 27 heavy (non-hydrogen) atoms. The van der Waals surface area contributed by atoms with E-state index in [0.29, 0.717) is 17.9 Å². The Morgan fingerprint density at radius 1 is 1.00 bits per heavy atom. The number of anilines is 2. The third-order valence-corrected chi connectivity index (χ3v) is 4.69. The number of nitrogens with one attached hydrogen (secondary N) is 2. The molecule has 3 rings (SSSR count). The average molecular weight is 369 g/mol. The Balaban J connectivity index is 1.64. The van der Waals surface area contributed by atoms with Crippen LogP contribution in [0.4, 0.5) is 15.8 Å². The van der Waals surface area contributed by atoms with Crippen LogP contribution in [-0.4, -0.2) is 29.3 Å². The standard InChI is InChI=1S/C21H24FN3O2/c1-15(26)23-18-9-11-19(12-10-18)24-21(27)20-4-2-3-13-25(20)14-16-5-7-17(22)8-6-16/h5-12,20H,2-4,13-14H2,1H3,(H,23,26)(H,24,27). The maximum Gasteiger partial charge on any atom is 0.241 e. The first-order valence-electron chi connectivity index (χ1n) is 9.18. The Morgan fingerprint density at radius 3 is 2.26 bits per heavy atom. The van der Waals surface area contributed by atoms with E-state index in [1.165, 1.54) is 19.1 Å². The average Bonchev–Trinajstić information content (AvgIpc) is 2.65. The number of hydrogen-bond acceptors (Lipinski definition) is 3. The third-order valence-electron chi connectivity index (χ3n) is 4.69. The number of rotatable bonds is 5. The summed E-state index contributed by atoms with van der Waals surface area (Å²) in [4.78, 5) is 26.0. The largest absolute Gasteiger partial charge is 0.326 e. The predicted molar refractivity (Wildman–Crippen MR) is 104 cm³/mol. The molecule has 1 saturated heterocycles. The van der Waals surface area contributed by atoms with E-state index in [2.05, 4.69) is 15.5 Å². The summed E-state index contributed by atoms with van der Waals surface area (Å²) in [6.45, 7) is 2.92. The highest BCUT2D eigenvalue weighted by molar-refractivity contribution is 5.95. The summed E-state index contributed by atoms with van der Waals surface area (Å²) < 4.78 is 13.1. The number of carbonyl (C=O) groups excluding carboxylic acids is 2. The smallest absolute Gasteiger partial charge is 0.241 e.